The number of rotatable bonds is 1. The lowest BCUT2D eigenvalue weighted by atomic mass is 10.0. The van der Waals surface area contributed by atoms with Gasteiger partial charge in [0.1, 0.15) is 35.3 Å². The summed E-state index contributed by atoms with van der Waals surface area (Å²) < 4.78 is 0. The Morgan fingerprint density at radius 1 is 1.33 bits per heavy atom. The van der Waals surface area contributed by atoms with E-state index < -0.39 is 12.2 Å². The van der Waals surface area contributed by atoms with E-state index in [1.165, 1.54) is 6.33 Å². The minimum atomic E-state index is -0.861. The first-order chi connectivity index (χ1) is 8.59. The molecule has 1 fully saturated rings. The molecule has 2 aromatic rings. The van der Waals surface area contributed by atoms with Crippen molar-refractivity contribution in [2.45, 2.75) is 31.2 Å². The number of nitrogens with two attached hydrogens (primary N) is 1. The number of aromatic amines is 2. The number of nitrogens with one attached hydrogen (secondary N) is 2. The quantitative estimate of drug-likeness (QED) is 0.402. The van der Waals surface area contributed by atoms with Gasteiger partial charge in [0.25, 0.3) is 5.56 Å². The molecular formula is C11H15N4O3+. The lowest BCUT2D eigenvalue weighted by Crippen LogP contribution is -2.88. The van der Waals surface area contributed by atoms with E-state index in [0.717, 1.165) is 5.56 Å². The zero-order valence-electron chi connectivity index (χ0n) is 9.79. The first kappa shape index (κ1) is 11.4. The molecule has 0 radical (unpaired) electrons. The van der Waals surface area contributed by atoms with Crippen molar-refractivity contribution in [1.82, 2.24) is 15.0 Å². The fourth-order valence-corrected chi connectivity index (χ4v) is 2.59. The van der Waals surface area contributed by atoms with E-state index in [-0.39, 0.29) is 17.6 Å². The summed E-state index contributed by atoms with van der Waals surface area (Å²) in [4.78, 5) is 21.1. The van der Waals surface area contributed by atoms with Gasteiger partial charge in [-0.05, 0) is 6.92 Å². The van der Waals surface area contributed by atoms with Gasteiger partial charge >= 0.3 is 0 Å². The van der Waals surface area contributed by atoms with Crippen LogP contribution in [0.3, 0.4) is 0 Å². The van der Waals surface area contributed by atoms with Crippen molar-refractivity contribution in [2.24, 2.45) is 0 Å². The Hall–Kier alpha value is -1.70. The smallest absolute Gasteiger partial charge is 0.275 e. The van der Waals surface area contributed by atoms with Gasteiger partial charge in [-0.1, -0.05) is 0 Å². The zero-order valence-corrected chi connectivity index (χ0v) is 9.79. The maximum absolute atomic E-state index is 11.6. The predicted octanol–water partition coefficient (Wildman–Crippen LogP) is -2.02. The number of hydrogen-bond acceptors (Lipinski definition) is 4. The molecule has 0 bridgehead atoms. The fraction of sp³-hybridized carbons (Fsp3) is 0.455. The summed E-state index contributed by atoms with van der Waals surface area (Å²) in [6.45, 7) is 1.85. The normalized spacial score (nSPS) is 32.2. The number of aromatic nitrogens is 3. The number of hydrogen-bond donors (Lipinski definition) is 5. The summed E-state index contributed by atoms with van der Waals surface area (Å²) >= 11 is 0. The molecule has 0 aliphatic carbocycles. The summed E-state index contributed by atoms with van der Waals surface area (Å²) in [6.07, 6.45) is 1.37. The van der Waals surface area contributed by atoms with Crippen LogP contribution < -0.4 is 10.9 Å². The van der Waals surface area contributed by atoms with Crippen LogP contribution in [0.4, 0.5) is 0 Å². The molecule has 1 saturated heterocycles. The number of aliphatic hydroxyl groups excluding tert-OH is 2. The highest BCUT2D eigenvalue weighted by Crippen LogP contribution is 2.25. The second-order valence-electron chi connectivity index (χ2n) is 4.76. The van der Waals surface area contributed by atoms with Gasteiger partial charge in [0.15, 0.2) is 0 Å². The minimum absolute atomic E-state index is 0.0862. The molecular weight excluding hydrogens is 236 g/mol. The number of aliphatic hydroxyl groups is 2. The van der Waals surface area contributed by atoms with Crippen molar-refractivity contribution >= 4 is 11.0 Å². The molecule has 6 N–H and O–H groups in total. The van der Waals surface area contributed by atoms with Gasteiger partial charge in [0, 0.05) is 6.20 Å². The van der Waals surface area contributed by atoms with Crippen molar-refractivity contribution in [3.8, 4) is 0 Å². The van der Waals surface area contributed by atoms with E-state index >= 15 is 0 Å². The first-order valence-electron chi connectivity index (χ1n) is 5.85. The Labute approximate surface area is 102 Å². The van der Waals surface area contributed by atoms with E-state index in [0.29, 0.717) is 11.0 Å². The number of nitrogens with zero attached hydrogens (tertiary/aromatic N) is 1. The van der Waals surface area contributed by atoms with Gasteiger partial charge in [-0.25, -0.2) is 4.98 Å². The van der Waals surface area contributed by atoms with Crippen LogP contribution in [0, 0.1) is 0 Å². The van der Waals surface area contributed by atoms with Crippen LogP contribution in [-0.2, 0) is 0 Å². The van der Waals surface area contributed by atoms with Gasteiger partial charge < -0.3 is 25.5 Å². The highest BCUT2D eigenvalue weighted by molar-refractivity contribution is 5.78. The van der Waals surface area contributed by atoms with E-state index in [9.17, 15) is 15.0 Å². The largest absolute Gasteiger partial charge is 0.384 e. The third-order valence-electron chi connectivity index (χ3n) is 3.63. The van der Waals surface area contributed by atoms with Crippen molar-refractivity contribution in [3.63, 3.8) is 0 Å². The molecule has 3 heterocycles. The standard InChI is InChI=1S/C11H14N4O3/c1-4-9(16)10(17)7(15-4)5-2-12-8-6(5)13-3-14-11(8)18/h2-4,7,9-10,12,15-17H,1H3,(H,13,14,18)/p+1/t4-,7+,9-,10+/m1/s1. The Morgan fingerprint density at radius 2 is 2.11 bits per heavy atom. The number of fused-ring (bicyclic) bond motifs is 1. The molecule has 0 amide bonds. The highest BCUT2D eigenvalue weighted by Gasteiger charge is 2.44. The van der Waals surface area contributed by atoms with E-state index in [1.54, 1.807) is 6.20 Å². The fourth-order valence-electron chi connectivity index (χ4n) is 2.59. The molecule has 3 rings (SSSR count). The number of quaternary nitrogens is 1. The van der Waals surface area contributed by atoms with Gasteiger partial charge in [0.2, 0.25) is 0 Å². The van der Waals surface area contributed by atoms with Crippen molar-refractivity contribution in [3.05, 3.63) is 28.4 Å². The maximum atomic E-state index is 11.6. The highest BCUT2D eigenvalue weighted by atomic mass is 16.3. The summed E-state index contributed by atoms with van der Waals surface area (Å²) in [5.74, 6) is 0. The molecule has 7 nitrogen and oxygen atoms in total. The van der Waals surface area contributed by atoms with Crippen LogP contribution in [0.5, 0.6) is 0 Å². The SMILES string of the molecule is C[C@H]1[NH2+][C@@H](c2c[nH]c3c(=O)[nH]cnc23)[C@H](O)[C@@H]1O. The van der Waals surface area contributed by atoms with Crippen LogP contribution in [0.25, 0.3) is 11.0 Å². The van der Waals surface area contributed by atoms with Crippen LogP contribution in [-0.4, -0.2) is 43.4 Å². The summed E-state index contributed by atoms with van der Waals surface area (Å²) in [5, 5.41) is 21.7. The van der Waals surface area contributed by atoms with Gasteiger partial charge in [0.05, 0.1) is 11.9 Å². The minimum Gasteiger partial charge on any atom is -0.384 e. The van der Waals surface area contributed by atoms with Crippen LogP contribution in [0.2, 0.25) is 0 Å². The third kappa shape index (κ3) is 1.48. The summed E-state index contributed by atoms with van der Waals surface area (Å²) in [7, 11) is 0. The topological polar surface area (TPSA) is 119 Å². The van der Waals surface area contributed by atoms with E-state index in [4.69, 9.17) is 0 Å². The average Bonchev–Trinajstić information content (AvgIpc) is 2.88. The predicted molar refractivity (Wildman–Crippen MR) is 62.9 cm³/mol. The summed E-state index contributed by atoms with van der Waals surface area (Å²) in [6, 6.07) is -0.394. The molecule has 18 heavy (non-hydrogen) atoms. The first-order valence-corrected chi connectivity index (χ1v) is 5.85. The van der Waals surface area contributed by atoms with Crippen molar-refractivity contribution < 1.29 is 15.5 Å². The molecule has 0 saturated carbocycles. The van der Waals surface area contributed by atoms with E-state index in [2.05, 4.69) is 15.0 Å². The lowest BCUT2D eigenvalue weighted by molar-refractivity contribution is -0.709. The molecule has 2 aromatic heterocycles. The Kier molecular flexibility index (Phi) is 2.47. The Bertz CT molecular complexity index is 634. The third-order valence-corrected chi connectivity index (χ3v) is 3.63. The maximum Gasteiger partial charge on any atom is 0.275 e. The van der Waals surface area contributed by atoms with Crippen LogP contribution >= 0.6 is 0 Å². The Morgan fingerprint density at radius 3 is 2.78 bits per heavy atom. The van der Waals surface area contributed by atoms with Crippen molar-refractivity contribution in [1.29, 1.82) is 0 Å². The van der Waals surface area contributed by atoms with E-state index in [1.807, 2.05) is 12.2 Å². The molecule has 0 unspecified atom stereocenters. The molecule has 0 spiro atoms. The molecule has 1 aliphatic heterocycles. The zero-order chi connectivity index (χ0) is 12.9. The molecule has 0 aromatic carbocycles. The second-order valence-corrected chi connectivity index (χ2v) is 4.76. The number of H-pyrrole nitrogens is 2. The van der Waals surface area contributed by atoms with Gasteiger partial charge in [-0.2, -0.15) is 0 Å². The molecule has 7 heteroatoms. The van der Waals surface area contributed by atoms with Crippen molar-refractivity contribution in [2.75, 3.05) is 0 Å². The van der Waals surface area contributed by atoms with Crippen LogP contribution in [0.1, 0.15) is 18.5 Å². The van der Waals surface area contributed by atoms with Gasteiger partial charge in [-0.15, -0.1) is 0 Å². The molecule has 4 atom stereocenters. The molecule has 1 aliphatic rings. The monoisotopic (exact) mass is 251 g/mol. The van der Waals surface area contributed by atoms with Gasteiger partial charge in [-0.3, -0.25) is 4.79 Å². The Balaban J connectivity index is 2.11. The molecule has 96 valence electrons. The lowest BCUT2D eigenvalue weighted by Gasteiger charge is -2.10. The second kappa shape index (κ2) is 3.91. The average molecular weight is 251 g/mol. The summed E-state index contributed by atoms with van der Waals surface area (Å²) in [5.41, 5.74) is 1.43. The van der Waals surface area contributed by atoms with Crippen LogP contribution in [0.15, 0.2) is 17.3 Å².